The third-order valence-corrected chi connectivity index (χ3v) is 9.49. The summed E-state index contributed by atoms with van der Waals surface area (Å²) in [6, 6.07) is -1.08. The van der Waals surface area contributed by atoms with Gasteiger partial charge in [-0.3, -0.25) is 9.35 Å². The van der Waals surface area contributed by atoms with Crippen LogP contribution >= 0.6 is 0 Å². The summed E-state index contributed by atoms with van der Waals surface area (Å²) >= 11 is 0. The van der Waals surface area contributed by atoms with E-state index in [1.807, 2.05) is 0 Å². The van der Waals surface area contributed by atoms with Crippen molar-refractivity contribution in [2.24, 2.45) is 0 Å². The summed E-state index contributed by atoms with van der Waals surface area (Å²) in [5.74, 6) is -1.01. The molecule has 0 aliphatic heterocycles. The molecule has 2 atom stereocenters. The summed E-state index contributed by atoms with van der Waals surface area (Å²) in [6.07, 6.45) is 46.7. The lowest BCUT2D eigenvalue weighted by atomic mass is 10.0. The van der Waals surface area contributed by atoms with Crippen molar-refractivity contribution in [3.8, 4) is 0 Å². The summed E-state index contributed by atoms with van der Waals surface area (Å²) in [4.78, 5) is 12.5. The molecule has 3 N–H and O–H groups in total. The molecule has 1 amide bonds. The van der Waals surface area contributed by atoms with Gasteiger partial charge in [0.2, 0.25) is 5.91 Å². The highest BCUT2D eigenvalue weighted by Gasteiger charge is 2.24. The number of aliphatic hydroxyl groups excluding tert-OH is 1. The van der Waals surface area contributed by atoms with E-state index in [1.54, 1.807) is 6.08 Å². The van der Waals surface area contributed by atoms with E-state index < -0.39 is 28.0 Å². The normalized spacial score (nSPS) is 13.8. The molecule has 2 unspecified atom stereocenters. The number of carbonyl (C=O) groups is 1. The molecule has 0 rings (SSSR count). The average molecular weight is 694 g/mol. The second kappa shape index (κ2) is 35.1. The maximum absolute atomic E-state index is 12.5. The van der Waals surface area contributed by atoms with Crippen LogP contribution in [0.5, 0.6) is 0 Å². The lowest BCUT2D eigenvalue weighted by Crippen LogP contribution is -2.46. The first-order valence-corrected chi connectivity index (χ1v) is 21.4. The molecule has 0 saturated heterocycles. The molecule has 0 bridgehead atoms. The molecule has 0 spiro atoms. The summed E-state index contributed by atoms with van der Waals surface area (Å²) in [6.45, 7) is 4.46. The molecule has 0 saturated carbocycles. The summed E-state index contributed by atoms with van der Waals surface area (Å²) in [5, 5.41) is 13.1. The largest absolute Gasteiger partial charge is 0.387 e. The van der Waals surface area contributed by atoms with E-state index in [1.165, 1.54) is 122 Å². The van der Waals surface area contributed by atoms with Crippen molar-refractivity contribution in [1.82, 2.24) is 5.32 Å². The van der Waals surface area contributed by atoms with E-state index >= 15 is 0 Å². The predicted molar refractivity (Wildman–Crippen MR) is 207 cm³/mol. The van der Waals surface area contributed by atoms with E-state index in [0.717, 1.165) is 44.9 Å². The minimum absolute atomic E-state index is 0.281. The van der Waals surface area contributed by atoms with Crippen LogP contribution in [-0.4, -0.2) is 41.9 Å². The molecule has 0 aliphatic rings. The number of aliphatic hydroxyl groups is 1. The Labute approximate surface area is 297 Å². The first kappa shape index (κ1) is 46.3. The Bertz CT molecular complexity index is 940. The molecule has 0 aromatic carbocycles. The molecule has 0 aliphatic carbocycles. The first-order valence-electron chi connectivity index (χ1n) is 19.8. The first-order chi connectivity index (χ1) is 23.3. The zero-order valence-electron chi connectivity index (χ0n) is 31.1. The molecule has 6 nitrogen and oxygen atoms in total. The quantitative estimate of drug-likeness (QED) is 0.0348. The number of carbonyl (C=O) groups excluding carboxylic acids is 1. The molecule has 0 radical (unpaired) electrons. The van der Waals surface area contributed by atoms with Crippen molar-refractivity contribution >= 4 is 16.0 Å². The number of hydrogen-bond donors (Lipinski definition) is 3. The van der Waals surface area contributed by atoms with Crippen molar-refractivity contribution < 1.29 is 22.9 Å². The van der Waals surface area contributed by atoms with Gasteiger partial charge in [0.25, 0.3) is 10.1 Å². The van der Waals surface area contributed by atoms with Crippen LogP contribution in [0, 0.1) is 0 Å². The van der Waals surface area contributed by atoms with E-state index in [2.05, 4.69) is 55.6 Å². The maximum atomic E-state index is 12.5. The summed E-state index contributed by atoms with van der Waals surface area (Å²) in [7, 11) is -4.35. The summed E-state index contributed by atoms with van der Waals surface area (Å²) in [5.41, 5.74) is 0. The number of allylic oxidation sites excluding steroid dienone is 7. The molecule has 7 heteroatoms. The van der Waals surface area contributed by atoms with Gasteiger partial charge < -0.3 is 10.4 Å². The van der Waals surface area contributed by atoms with Crippen molar-refractivity contribution in [2.75, 3.05) is 5.75 Å². The van der Waals surface area contributed by atoms with Crippen molar-refractivity contribution in [3.05, 3.63) is 48.6 Å². The van der Waals surface area contributed by atoms with Crippen molar-refractivity contribution in [2.45, 2.75) is 199 Å². The molecule has 0 heterocycles. The maximum Gasteiger partial charge on any atom is 0.267 e. The monoisotopic (exact) mass is 694 g/mol. The lowest BCUT2D eigenvalue weighted by Gasteiger charge is -2.21. The van der Waals surface area contributed by atoms with Gasteiger partial charge in [-0.1, -0.05) is 165 Å². The zero-order valence-corrected chi connectivity index (χ0v) is 31.9. The highest BCUT2D eigenvalue weighted by molar-refractivity contribution is 7.85. The van der Waals surface area contributed by atoms with E-state index in [0.29, 0.717) is 6.42 Å². The van der Waals surface area contributed by atoms with Crippen LogP contribution in [0.15, 0.2) is 48.6 Å². The van der Waals surface area contributed by atoms with Crippen LogP contribution in [0.25, 0.3) is 0 Å². The number of rotatable bonds is 35. The Hall–Kier alpha value is -1.70. The Morgan fingerprint density at radius 2 is 0.917 bits per heavy atom. The van der Waals surface area contributed by atoms with Crippen LogP contribution in [0.4, 0.5) is 0 Å². The minimum atomic E-state index is -4.35. The highest BCUT2D eigenvalue weighted by atomic mass is 32.2. The average Bonchev–Trinajstić information content (AvgIpc) is 3.05. The number of hydrogen-bond acceptors (Lipinski definition) is 4. The molecular formula is C41H75NO5S. The van der Waals surface area contributed by atoms with Crippen molar-refractivity contribution in [1.29, 1.82) is 0 Å². The minimum Gasteiger partial charge on any atom is -0.387 e. The van der Waals surface area contributed by atoms with Crippen LogP contribution in [0.2, 0.25) is 0 Å². The Kier molecular flexibility index (Phi) is 33.9. The van der Waals surface area contributed by atoms with E-state index in [4.69, 9.17) is 0 Å². The third-order valence-electron chi connectivity index (χ3n) is 8.71. The van der Waals surface area contributed by atoms with Gasteiger partial charge in [-0.25, -0.2) is 0 Å². The van der Waals surface area contributed by atoms with E-state index in [9.17, 15) is 22.9 Å². The van der Waals surface area contributed by atoms with Crippen LogP contribution in [0.3, 0.4) is 0 Å². The molecule has 0 fully saturated rings. The van der Waals surface area contributed by atoms with Gasteiger partial charge in [0.15, 0.2) is 0 Å². The van der Waals surface area contributed by atoms with Crippen molar-refractivity contribution in [3.63, 3.8) is 0 Å². The molecule has 0 aromatic rings. The van der Waals surface area contributed by atoms with Crippen LogP contribution in [0.1, 0.15) is 187 Å². The topological polar surface area (TPSA) is 104 Å². The van der Waals surface area contributed by atoms with E-state index in [-0.39, 0.29) is 12.3 Å². The predicted octanol–water partition coefficient (Wildman–Crippen LogP) is 11.5. The standard InChI is InChI=1S/C41H75NO5S/c1-3-5-7-9-11-13-15-17-18-19-20-21-22-23-24-25-27-29-31-33-35-37-41(44)42-39(38-48(45,46)47)40(43)36-34-32-30-28-26-16-14-12-10-8-6-4-2/h10,12,19-20,26,28,34,36,39-40,43H,3-9,11,13-18,21-25,27,29-33,35,37-38H2,1-2H3,(H,42,44)(H,45,46,47)/b12-10+,20-19-,28-26+,36-34+. The van der Waals surface area contributed by atoms with Gasteiger partial charge in [0.05, 0.1) is 17.9 Å². The number of nitrogens with one attached hydrogen (secondary N) is 1. The lowest BCUT2D eigenvalue weighted by molar-refractivity contribution is -0.122. The van der Waals surface area contributed by atoms with Gasteiger partial charge in [-0.2, -0.15) is 8.42 Å². The fourth-order valence-electron chi connectivity index (χ4n) is 5.70. The van der Waals surface area contributed by atoms with Gasteiger partial charge >= 0.3 is 0 Å². The Morgan fingerprint density at radius 1 is 0.542 bits per heavy atom. The molecule has 0 aromatic heterocycles. The summed E-state index contributed by atoms with van der Waals surface area (Å²) < 4.78 is 32.4. The number of amides is 1. The van der Waals surface area contributed by atoms with Gasteiger partial charge in [-0.15, -0.1) is 0 Å². The smallest absolute Gasteiger partial charge is 0.267 e. The van der Waals surface area contributed by atoms with Crippen LogP contribution in [-0.2, 0) is 14.9 Å². The second-order valence-corrected chi connectivity index (χ2v) is 15.0. The highest BCUT2D eigenvalue weighted by Crippen LogP contribution is 2.13. The fraction of sp³-hybridized carbons (Fsp3) is 0.780. The van der Waals surface area contributed by atoms with Gasteiger partial charge in [-0.05, 0) is 64.2 Å². The van der Waals surface area contributed by atoms with Gasteiger partial charge in [0.1, 0.15) is 0 Å². The SMILES string of the molecule is CCCC/C=C/CC/C=C/CC/C=C/C(O)C(CS(=O)(=O)O)NC(=O)CCCCCCCCCCC/C=C\CCCCCCCCCC. The Balaban J connectivity index is 3.92. The second-order valence-electron chi connectivity index (χ2n) is 13.5. The third kappa shape index (κ3) is 35.6. The Morgan fingerprint density at radius 3 is 1.38 bits per heavy atom. The molecule has 48 heavy (non-hydrogen) atoms. The van der Waals surface area contributed by atoms with Crippen LogP contribution < -0.4 is 5.32 Å². The molecular weight excluding hydrogens is 619 g/mol. The van der Waals surface area contributed by atoms with Gasteiger partial charge in [0, 0.05) is 6.42 Å². The zero-order chi connectivity index (χ0) is 35.4. The fourth-order valence-corrected chi connectivity index (χ4v) is 6.43. The number of unbranched alkanes of at least 4 members (excludes halogenated alkanes) is 21. The molecule has 280 valence electrons.